The molecule has 0 radical (unpaired) electrons. The summed E-state index contributed by atoms with van der Waals surface area (Å²) in [4.78, 5) is 10.9. The monoisotopic (exact) mass is 151 g/mol. The lowest BCUT2D eigenvalue weighted by Crippen LogP contribution is -2.11. The average molecular weight is 151 g/mol. The maximum absolute atomic E-state index is 10.9. The molecule has 11 heavy (non-hydrogen) atoms. The summed E-state index contributed by atoms with van der Waals surface area (Å²) in [5, 5.41) is 8.29. The number of allylic oxidation sites excluding steroid dienone is 1. The zero-order valence-corrected chi connectivity index (χ0v) is 7.05. The molecule has 2 heteroatoms. The van der Waals surface area contributed by atoms with Crippen LogP contribution in [0.25, 0.3) is 0 Å². The van der Waals surface area contributed by atoms with Crippen LogP contribution in [0.5, 0.6) is 0 Å². The van der Waals surface area contributed by atoms with Gasteiger partial charge in [-0.05, 0) is 20.3 Å². The zero-order chi connectivity index (χ0) is 8.85. The molecule has 0 aromatic heterocycles. The second-order valence-electron chi connectivity index (χ2n) is 2.71. The molecule has 0 fully saturated rings. The summed E-state index contributed by atoms with van der Waals surface area (Å²) in [5.41, 5.74) is 0.854. The molecule has 0 saturated heterocycles. The van der Waals surface area contributed by atoms with Crippen molar-refractivity contribution in [1.82, 2.24) is 0 Å². The predicted molar refractivity (Wildman–Crippen MR) is 43.8 cm³/mol. The largest absolute Gasteiger partial charge is 0.299 e. The maximum Gasteiger partial charge on any atom is 0.136 e. The second kappa shape index (κ2) is 4.68. The molecule has 1 atom stereocenters. The van der Waals surface area contributed by atoms with Crippen molar-refractivity contribution in [2.45, 2.75) is 26.7 Å². The fourth-order valence-electron chi connectivity index (χ4n) is 1.01. The molecule has 0 spiro atoms. The van der Waals surface area contributed by atoms with Gasteiger partial charge in [-0.3, -0.25) is 4.79 Å². The molecule has 0 aromatic carbocycles. The molecular weight excluding hydrogens is 138 g/mol. The van der Waals surface area contributed by atoms with E-state index in [1.807, 2.05) is 13.0 Å². The van der Waals surface area contributed by atoms with Crippen LogP contribution in [0.15, 0.2) is 12.2 Å². The van der Waals surface area contributed by atoms with Gasteiger partial charge in [0.15, 0.2) is 0 Å². The van der Waals surface area contributed by atoms with Gasteiger partial charge in [-0.1, -0.05) is 12.2 Å². The highest BCUT2D eigenvalue weighted by molar-refractivity contribution is 5.80. The Morgan fingerprint density at radius 3 is 2.45 bits per heavy atom. The van der Waals surface area contributed by atoms with Crippen LogP contribution >= 0.6 is 0 Å². The van der Waals surface area contributed by atoms with Crippen LogP contribution in [-0.4, -0.2) is 5.78 Å². The Bertz CT molecular complexity index is 186. The van der Waals surface area contributed by atoms with Crippen molar-refractivity contribution in [3.63, 3.8) is 0 Å². The first-order valence-electron chi connectivity index (χ1n) is 3.62. The Morgan fingerprint density at radius 2 is 2.18 bits per heavy atom. The van der Waals surface area contributed by atoms with Crippen molar-refractivity contribution in [1.29, 1.82) is 5.26 Å². The number of carbonyl (C=O) groups excluding carboxylic acids is 1. The zero-order valence-electron chi connectivity index (χ0n) is 7.05. The summed E-state index contributed by atoms with van der Waals surface area (Å²) in [6.07, 6.45) is 1.04. The fourth-order valence-corrected chi connectivity index (χ4v) is 1.01. The topological polar surface area (TPSA) is 40.9 Å². The van der Waals surface area contributed by atoms with E-state index in [4.69, 9.17) is 5.26 Å². The molecule has 0 rings (SSSR count). The highest BCUT2D eigenvalue weighted by atomic mass is 16.1. The minimum absolute atomic E-state index is 0.104. The Kier molecular flexibility index (Phi) is 4.21. The van der Waals surface area contributed by atoms with Crippen LogP contribution in [0.1, 0.15) is 26.7 Å². The third-order valence-electron chi connectivity index (χ3n) is 1.63. The molecule has 0 aliphatic carbocycles. The van der Waals surface area contributed by atoms with Gasteiger partial charge in [0.2, 0.25) is 0 Å². The van der Waals surface area contributed by atoms with Crippen LogP contribution in [0.3, 0.4) is 0 Å². The van der Waals surface area contributed by atoms with Crippen LogP contribution in [0.2, 0.25) is 0 Å². The van der Waals surface area contributed by atoms with Gasteiger partial charge < -0.3 is 0 Å². The number of rotatable bonds is 4. The molecule has 0 aromatic rings. The van der Waals surface area contributed by atoms with E-state index in [-0.39, 0.29) is 11.7 Å². The quantitative estimate of drug-likeness (QED) is 0.577. The molecule has 0 amide bonds. The van der Waals surface area contributed by atoms with E-state index in [9.17, 15) is 4.79 Å². The number of hydrogen-bond donors (Lipinski definition) is 0. The second-order valence-corrected chi connectivity index (χ2v) is 2.71. The molecule has 2 nitrogen and oxygen atoms in total. The number of nitrogens with zero attached hydrogens (tertiary/aromatic N) is 1. The summed E-state index contributed by atoms with van der Waals surface area (Å²) >= 11 is 0. The molecule has 0 heterocycles. The standard InChI is InChI=1S/C9H13NO/c1-7(2)9(8(3)11)5-4-6-10/h9H,1,4-5H2,2-3H3. The van der Waals surface area contributed by atoms with Crippen molar-refractivity contribution in [3.05, 3.63) is 12.2 Å². The summed E-state index contributed by atoms with van der Waals surface area (Å²) in [7, 11) is 0. The lowest BCUT2D eigenvalue weighted by Gasteiger charge is -2.10. The third-order valence-corrected chi connectivity index (χ3v) is 1.63. The SMILES string of the molecule is C=C(C)C(CCC#N)C(C)=O. The average Bonchev–Trinajstić information content (AvgIpc) is 1.87. The van der Waals surface area contributed by atoms with E-state index in [1.54, 1.807) is 0 Å². The summed E-state index contributed by atoms with van der Waals surface area (Å²) in [5.74, 6) is -0.0117. The lowest BCUT2D eigenvalue weighted by atomic mass is 9.93. The molecule has 0 N–H and O–H groups in total. The van der Waals surface area contributed by atoms with Crippen LogP contribution in [0.4, 0.5) is 0 Å². The first-order chi connectivity index (χ1) is 5.09. The van der Waals surface area contributed by atoms with Crippen LogP contribution < -0.4 is 0 Å². The summed E-state index contributed by atoms with van der Waals surface area (Å²) < 4.78 is 0. The molecule has 0 aliphatic rings. The Morgan fingerprint density at radius 1 is 1.64 bits per heavy atom. The van der Waals surface area contributed by atoms with Crippen molar-refractivity contribution in [2.75, 3.05) is 0 Å². The van der Waals surface area contributed by atoms with E-state index in [2.05, 4.69) is 6.58 Å². The van der Waals surface area contributed by atoms with Gasteiger partial charge in [-0.2, -0.15) is 5.26 Å². The van der Waals surface area contributed by atoms with Crippen molar-refractivity contribution in [3.8, 4) is 6.07 Å². The van der Waals surface area contributed by atoms with Gasteiger partial charge in [0.05, 0.1) is 6.07 Å². The van der Waals surface area contributed by atoms with E-state index >= 15 is 0 Å². The Hall–Kier alpha value is -1.10. The van der Waals surface area contributed by atoms with Crippen LogP contribution in [-0.2, 0) is 4.79 Å². The maximum atomic E-state index is 10.9. The number of ketones is 1. The van der Waals surface area contributed by atoms with Crippen molar-refractivity contribution < 1.29 is 4.79 Å². The first-order valence-corrected chi connectivity index (χ1v) is 3.62. The highest BCUT2D eigenvalue weighted by Crippen LogP contribution is 2.15. The van der Waals surface area contributed by atoms with E-state index in [0.717, 1.165) is 5.57 Å². The summed E-state index contributed by atoms with van der Waals surface area (Å²) in [6, 6.07) is 2.01. The normalized spacial score (nSPS) is 11.7. The molecular formula is C9H13NO. The smallest absolute Gasteiger partial charge is 0.136 e. The Labute approximate surface area is 67.5 Å². The van der Waals surface area contributed by atoms with Gasteiger partial charge in [-0.25, -0.2) is 0 Å². The number of nitriles is 1. The van der Waals surface area contributed by atoms with Gasteiger partial charge in [0, 0.05) is 12.3 Å². The molecule has 0 bridgehead atoms. The minimum Gasteiger partial charge on any atom is -0.299 e. The van der Waals surface area contributed by atoms with Crippen molar-refractivity contribution in [2.24, 2.45) is 5.92 Å². The Balaban J connectivity index is 4.03. The van der Waals surface area contributed by atoms with E-state index in [1.165, 1.54) is 6.92 Å². The molecule has 0 aliphatic heterocycles. The van der Waals surface area contributed by atoms with Gasteiger partial charge in [-0.15, -0.1) is 0 Å². The molecule has 0 saturated carbocycles. The third kappa shape index (κ3) is 3.57. The molecule has 60 valence electrons. The van der Waals surface area contributed by atoms with Crippen molar-refractivity contribution >= 4 is 5.78 Å². The number of Topliss-reactive ketones (excluding diaryl/α,β-unsaturated/α-hetero) is 1. The van der Waals surface area contributed by atoms with Crippen LogP contribution in [0, 0.1) is 17.2 Å². The number of carbonyl (C=O) groups is 1. The first kappa shape index (κ1) is 9.90. The highest BCUT2D eigenvalue weighted by Gasteiger charge is 2.13. The van der Waals surface area contributed by atoms with E-state index < -0.39 is 0 Å². The predicted octanol–water partition coefficient (Wildman–Crippen LogP) is 2.07. The fraction of sp³-hybridized carbons (Fsp3) is 0.556. The molecule has 1 unspecified atom stereocenters. The van der Waals surface area contributed by atoms with E-state index in [0.29, 0.717) is 12.8 Å². The van der Waals surface area contributed by atoms with Gasteiger partial charge in [0.25, 0.3) is 0 Å². The summed E-state index contributed by atoms with van der Waals surface area (Å²) in [6.45, 7) is 7.06. The minimum atomic E-state index is -0.116. The number of hydrogen-bond acceptors (Lipinski definition) is 2. The van der Waals surface area contributed by atoms with Gasteiger partial charge in [0.1, 0.15) is 5.78 Å². The van der Waals surface area contributed by atoms with Gasteiger partial charge >= 0.3 is 0 Å². The lowest BCUT2D eigenvalue weighted by molar-refractivity contribution is -0.119.